The van der Waals surface area contributed by atoms with Crippen LogP contribution in [0.4, 0.5) is 4.39 Å². The first-order valence-electron chi connectivity index (χ1n) is 13.1. The summed E-state index contributed by atoms with van der Waals surface area (Å²) in [7, 11) is 0. The topological polar surface area (TPSA) is 146 Å². The molecule has 3 aromatic carbocycles. The molecule has 0 radical (unpaired) electrons. The number of aromatic hydroxyl groups is 1. The third kappa shape index (κ3) is 4.66. The van der Waals surface area contributed by atoms with Gasteiger partial charge < -0.3 is 29.3 Å². The van der Waals surface area contributed by atoms with E-state index in [2.05, 4.69) is 10.3 Å². The molecule has 10 heteroatoms. The van der Waals surface area contributed by atoms with Crippen LogP contribution in [0.1, 0.15) is 22.3 Å². The lowest BCUT2D eigenvalue weighted by molar-refractivity contribution is -0.141. The number of carboxylic acid groups (broad SMARTS) is 1. The lowest BCUT2D eigenvalue weighted by Gasteiger charge is -2.15. The fraction of sp³-hybridized carbons (Fsp3) is 0.156. The predicted molar refractivity (Wildman–Crippen MR) is 154 cm³/mol. The molecule has 0 saturated heterocycles. The number of benzene rings is 3. The van der Waals surface area contributed by atoms with Crippen LogP contribution < -0.4 is 10.9 Å². The van der Waals surface area contributed by atoms with Gasteiger partial charge in [-0.05, 0) is 66.9 Å². The zero-order chi connectivity index (χ0) is 29.7. The Hall–Kier alpha value is -5.38. The van der Waals surface area contributed by atoms with Crippen molar-refractivity contribution < 1.29 is 33.0 Å². The van der Waals surface area contributed by atoms with E-state index in [1.54, 1.807) is 44.5 Å². The summed E-state index contributed by atoms with van der Waals surface area (Å²) in [6.45, 7) is 3.47. The van der Waals surface area contributed by atoms with Crippen molar-refractivity contribution in [3.63, 3.8) is 0 Å². The van der Waals surface area contributed by atoms with Gasteiger partial charge >= 0.3 is 11.6 Å². The van der Waals surface area contributed by atoms with Gasteiger partial charge in [0.2, 0.25) is 5.91 Å². The highest BCUT2D eigenvalue weighted by atomic mass is 19.1. The molecule has 212 valence electrons. The van der Waals surface area contributed by atoms with Crippen molar-refractivity contribution in [1.29, 1.82) is 0 Å². The number of aryl methyl sites for hydroxylation is 2. The molecule has 0 saturated carbocycles. The third-order valence-corrected chi connectivity index (χ3v) is 7.64. The fourth-order valence-corrected chi connectivity index (χ4v) is 5.41. The van der Waals surface area contributed by atoms with E-state index < -0.39 is 30.0 Å². The predicted octanol–water partition coefficient (Wildman–Crippen LogP) is 5.50. The van der Waals surface area contributed by atoms with Crippen LogP contribution in [0.3, 0.4) is 0 Å². The second-order valence-corrected chi connectivity index (χ2v) is 10.3. The number of carboxylic acids is 1. The van der Waals surface area contributed by atoms with Crippen molar-refractivity contribution in [3.8, 4) is 16.9 Å². The number of hydrogen-bond donors (Lipinski definition) is 4. The van der Waals surface area contributed by atoms with Gasteiger partial charge in [0.05, 0.1) is 18.2 Å². The Morgan fingerprint density at radius 2 is 1.76 bits per heavy atom. The number of aromatic nitrogens is 1. The minimum absolute atomic E-state index is 0.0329. The first-order valence-corrected chi connectivity index (χ1v) is 13.1. The molecule has 0 aliphatic carbocycles. The molecule has 42 heavy (non-hydrogen) atoms. The smallest absolute Gasteiger partial charge is 0.340 e. The van der Waals surface area contributed by atoms with Crippen LogP contribution in [0.15, 0.2) is 74.6 Å². The minimum Gasteiger partial charge on any atom is -0.508 e. The molecule has 3 aromatic heterocycles. The number of phenolic OH excluding ortho intramolecular Hbond substituents is 1. The van der Waals surface area contributed by atoms with Crippen molar-refractivity contribution in [1.82, 2.24) is 10.3 Å². The Morgan fingerprint density at radius 1 is 1.00 bits per heavy atom. The van der Waals surface area contributed by atoms with Crippen molar-refractivity contribution in [2.24, 2.45) is 0 Å². The number of H-pyrrole nitrogens is 1. The van der Waals surface area contributed by atoms with E-state index in [0.717, 1.165) is 16.5 Å². The Kier molecular flexibility index (Phi) is 6.53. The van der Waals surface area contributed by atoms with Crippen LogP contribution >= 0.6 is 0 Å². The molecular weight excluding hydrogens is 543 g/mol. The van der Waals surface area contributed by atoms with Gasteiger partial charge in [0.1, 0.15) is 28.8 Å². The summed E-state index contributed by atoms with van der Waals surface area (Å²) in [5.41, 5.74) is 4.15. The molecular formula is C32H25FN2O7. The molecule has 0 aliphatic heterocycles. The molecule has 9 nitrogen and oxygen atoms in total. The second kappa shape index (κ2) is 10.2. The average molecular weight is 569 g/mol. The number of hydrogen-bond acceptors (Lipinski definition) is 6. The summed E-state index contributed by atoms with van der Waals surface area (Å²) in [6.07, 6.45) is 2.76. The third-order valence-electron chi connectivity index (χ3n) is 7.64. The van der Waals surface area contributed by atoms with Gasteiger partial charge in [0.25, 0.3) is 0 Å². The number of carbonyl (C=O) groups excluding carboxylic acids is 1. The van der Waals surface area contributed by atoms with Crippen LogP contribution in [-0.2, 0) is 22.4 Å². The average Bonchev–Trinajstić information content (AvgIpc) is 3.56. The van der Waals surface area contributed by atoms with Crippen molar-refractivity contribution in [2.45, 2.75) is 32.7 Å². The van der Waals surface area contributed by atoms with Crippen molar-refractivity contribution in [3.05, 3.63) is 99.5 Å². The van der Waals surface area contributed by atoms with E-state index in [-0.39, 0.29) is 23.6 Å². The Balaban J connectivity index is 1.32. The Bertz CT molecular complexity index is 2090. The molecule has 1 atom stereocenters. The lowest BCUT2D eigenvalue weighted by atomic mass is 9.97. The maximum Gasteiger partial charge on any atom is 0.340 e. The molecule has 3 heterocycles. The number of amides is 1. The number of furan rings is 1. The highest BCUT2D eigenvalue weighted by Crippen LogP contribution is 2.37. The second-order valence-electron chi connectivity index (χ2n) is 10.3. The number of fused-ring (bicyclic) bond motifs is 3. The van der Waals surface area contributed by atoms with E-state index in [0.29, 0.717) is 44.1 Å². The molecule has 1 amide bonds. The molecule has 6 rings (SSSR count). The van der Waals surface area contributed by atoms with E-state index in [1.807, 2.05) is 6.07 Å². The number of aromatic amines is 1. The van der Waals surface area contributed by atoms with Gasteiger partial charge in [-0.3, -0.25) is 4.79 Å². The Morgan fingerprint density at radius 3 is 2.50 bits per heavy atom. The highest BCUT2D eigenvalue weighted by Gasteiger charge is 2.25. The number of nitrogens with one attached hydrogen (secondary N) is 2. The molecule has 0 bridgehead atoms. The van der Waals surface area contributed by atoms with E-state index >= 15 is 0 Å². The van der Waals surface area contributed by atoms with Crippen LogP contribution in [0.5, 0.6) is 5.75 Å². The van der Waals surface area contributed by atoms with Crippen LogP contribution in [0.25, 0.3) is 44.0 Å². The first kappa shape index (κ1) is 26.8. The van der Waals surface area contributed by atoms with Gasteiger partial charge in [0, 0.05) is 45.4 Å². The molecule has 1 unspecified atom stereocenters. The molecule has 4 N–H and O–H groups in total. The normalized spacial score (nSPS) is 12.3. The molecule has 0 aliphatic rings. The van der Waals surface area contributed by atoms with Crippen LogP contribution in [0, 0.1) is 19.7 Å². The Labute approximate surface area is 237 Å². The zero-order valence-corrected chi connectivity index (χ0v) is 22.6. The summed E-state index contributed by atoms with van der Waals surface area (Å²) in [6, 6.07) is 11.2. The standard InChI is InChI=1S/C32H25FN2O7/c1-15-21-11-24-25(17-3-5-19(33)6-4-17)14-41-29(24)16(2)30(21)42-32(40)22(15)12-28(37)35-27(31(38)39)9-18-13-34-26-8-7-20(36)10-23(18)26/h3-8,10-11,13-14,27,34,36H,9,12H2,1-2H3,(H,35,37)(H,38,39). The van der Waals surface area contributed by atoms with Crippen LogP contribution in [0.2, 0.25) is 0 Å². The van der Waals surface area contributed by atoms with Crippen molar-refractivity contribution >= 4 is 44.7 Å². The summed E-state index contributed by atoms with van der Waals surface area (Å²) in [4.78, 5) is 41.2. The quantitative estimate of drug-likeness (QED) is 0.186. The van der Waals surface area contributed by atoms with Gasteiger partial charge in [-0.25, -0.2) is 14.0 Å². The highest BCUT2D eigenvalue weighted by molar-refractivity contribution is 6.05. The molecule has 0 fully saturated rings. The maximum absolute atomic E-state index is 13.5. The van der Waals surface area contributed by atoms with E-state index in [9.17, 15) is 29.0 Å². The number of halogens is 1. The number of phenols is 1. The molecule has 0 spiro atoms. The van der Waals surface area contributed by atoms with Crippen molar-refractivity contribution in [2.75, 3.05) is 0 Å². The molecule has 6 aromatic rings. The van der Waals surface area contributed by atoms with Gasteiger partial charge in [0.15, 0.2) is 0 Å². The van der Waals surface area contributed by atoms with E-state index in [1.165, 1.54) is 24.3 Å². The SMILES string of the molecule is Cc1c(CC(=O)NC(Cc2c[nH]c3ccc(O)cc23)C(=O)O)c(=O)oc2c(C)c3occ(-c4ccc(F)cc4)c3cc12. The van der Waals surface area contributed by atoms with Gasteiger partial charge in [-0.1, -0.05) is 12.1 Å². The number of rotatable bonds is 7. The number of aliphatic carboxylic acids is 1. The lowest BCUT2D eigenvalue weighted by Crippen LogP contribution is -2.43. The maximum atomic E-state index is 13.5. The number of carbonyl (C=O) groups is 2. The summed E-state index contributed by atoms with van der Waals surface area (Å²) < 4.78 is 25.0. The summed E-state index contributed by atoms with van der Waals surface area (Å²) in [5.74, 6) is -2.23. The zero-order valence-electron chi connectivity index (χ0n) is 22.6. The summed E-state index contributed by atoms with van der Waals surface area (Å²) >= 11 is 0. The first-order chi connectivity index (χ1) is 20.1. The minimum atomic E-state index is -1.28. The van der Waals surface area contributed by atoms with E-state index in [4.69, 9.17) is 8.83 Å². The summed E-state index contributed by atoms with van der Waals surface area (Å²) in [5, 5.41) is 24.2. The van der Waals surface area contributed by atoms with Gasteiger partial charge in [-0.2, -0.15) is 0 Å². The largest absolute Gasteiger partial charge is 0.508 e. The van der Waals surface area contributed by atoms with Crippen LogP contribution in [-0.4, -0.2) is 33.1 Å². The fourth-order valence-electron chi connectivity index (χ4n) is 5.41. The van der Waals surface area contributed by atoms with Gasteiger partial charge in [-0.15, -0.1) is 0 Å². The monoisotopic (exact) mass is 568 g/mol.